The van der Waals surface area contributed by atoms with Crippen LogP contribution in [0.4, 0.5) is 5.69 Å². The molecule has 13 nitrogen and oxygen atoms in total. The van der Waals surface area contributed by atoms with Gasteiger partial charge in [-0.05, 0) is 80.4 Å². The number of hydrogen-bond donors (Lipinski definition) is 4. The Morgan fingerprint density at radius 1 is 1.00 bits per heavy atom. The van der Waals surface area contributed by atoms with Crippen LogP contribution in [-0.2, 0) is 25.7 Å². The minimum Gasteiger partial charge on any atom is -0.353 e. The van der Waals surface area contributed by atoms with Crippen LogP contribution in [0.2, 0.25) is 0 Å². The van der Waals surface area contributed by atoms with Crippen molar-refractivity contribution in [3.63, 3.8) is 0 Å². The van der Waals surface area contributed by atoms with Crippen molar-refractivity contribution in [3.8, 4) is 0 Å². The fourth-order valence-corrected chi connectivity index (χ4v) is 6.99. The van der Waals surface area contributed by atoms with Crippen molar-refractivity contribution in [2.24, 2.45) is 23.7 Å². The van der Waals surface area contributed by atoms with Gasteiger partial charge in [0.1, 0.15) is 18.3 Å². The van der Waals surface area contributed by atoms with E-state index in [4.69, 9.17) is 0 Å². The molecular weight excluding hydrogens is 542 g/mol. The van der Waals surface area contributed by atoms with Crippen LogP contribution in [0.25, 0.3) is 0 Å². The van der Waals surface area contributed by atoms with E-state index >= 15 is 0 Å². The average molecular weight is 578 g/mol. The quantitative estimate of drug-likeness (QED) is 0.277. The number of pyridine rings is 1. The SMILES string of the molecule is CNC(=O)C(=O)CC[C@H](NC(=O)c1ccnnc1)C(=O)Nc1cccn(CC(=O)NC2C3CC4CC(C3)CC2C4)c1=O. The van der Waals surface area contributed by atoms with Crippen molar-refractivity contribution in [3.05, 3.63) is 52.7 Å². The van der Waals surface area contributed by atoms with Crippen molar-refractivity contribution >= 4 is 35.1 Å². The second kappa shape index (κ2) is 12.6. The predicted octanol–water partition coefficient (Wildman–Crippen LogP) is 0.412. The first-order valence-corrected chi connectivity index (χ1v) is 14.3. The molecule has 4 bridgehead atoms. The third kappa shape index (κ3) is 6.55. The molecule has 2 aromatic rings. The number of likely N-dealkylation sites (N-methyl/N-ethyl adjacent to an activating group) is 1. The topological polar surface area (TPSA) is 181 Å². The molecule has 0 aromatic carbocycles. The van der Waals surface area contributed by atoms with E-state index in [1.165, 1.54) is 48.8 Å². The van der Waals surface area contributed by atoms with Crippen LogP contribution in [0.15, 0.2) is 41.6 Å². The number of ketones is 1. The molecule has 0 saturated heterocycles. The lowest BCUT2D eigenvalue weighted by atomic mass is 9.54. The maximum atomic E-state index is 13.2. The summed E-state index contributed by atoms with van der Waals surface area (Å²) < 4.78 is 1.23. The van der Waals surface area contributed by atoms with Crippen LogP contribution in [0.3, 0.4) is 0 Å². The Labute approximate surface area is 242 Å². The molecule has 4 aliphatic rings. The molecular formula is C29H35N7O6. The smallest absolute Gasteiger partial charge is 0.287 e. The monoisotopic (exact) mass is 577 g/mol. The second-order valence-electron chi connectivity index (χ2n) is 11.6. The first-order chi connectivity index (χ1) is 20.2. The molecule has 42 heavy (non-hydrogen) atoms. The lowest BCUT2D eigenvalue weighted by Crippen LogP contribution is -2.56. The van der Waals surface area contributed by atoms with E-state index in [0.717, 1.165) is 37.5 Å². The van der Waals surface area contributed by atoms with E-state index in [9.17, 15) is 28.8 Å². The molecule has 13 heteroatoms. The van der Waals surface area contributed by atoms with E-state index in [1.54, 1.807) is 6.07 Å². The highest BCUT2D eigenvalue weighted by molar-refractivity contribution is 6.36. The number of nitrogens with one attached hydrogen (secondary N) is 4. The zero-order valence-electron chi connectivity index (χ0n) is 23.4. The zero-order valence-corrected chi connectivity index (χ0v) is 23.4. The van der Waals surface area contributed by atoms with Crippen LogP contribution >= 0.6 is 0 Å². The van der Waals surface area contributed by atoms with Crippen molar-refractivity contribution < 1.29 is 24.0 Å². The molecule has 4 aliphatic carbocycles. The third-order valence-electron chi connectivity index (χ3n) is 8.76. The third-order valence-corrected chi connectivity index (χ3v) is 8.76. The average Bonchev–Trinajstić information content (AvgIpc) is 2.98. The molecule has 4 saturated carbocycles. The minimum atomic E-state index is -1.26. The number of carbonyl (C=O) groups is 5. The van der Waals surface area contributed by atoms with Gasteiger partial charge in [-0.1, -0.05) is 0 Å². The van der Waals surface area contributed by atoms with Gasteiger partial charge in [0.15, 0.2) is 0 Å². The van der Waals surface area contributed by atoms with Gasteiger partial charge in [0, 0.05) is 25.7 Å². The summed E-state index contributed by atoms with van der Waals surface area (Å²) in [5.41, 5.74) is -0.545. The summed E-state index contributed by atoms with van der Waals surface area (Å²) in [4.78, 5) is 75.9. The van der Waals surface area contributed by atoms with Crippen LogP contribution < -0.4 is 26.8 Å². The number of Topliss-reactive ketones (excluding diaryl/α,β-unsaturated/α-hetero) is 1. The van der Waals surface area contributed by atoms with Gasteiger partial charge in [0.2, 0.25) is 17.6 Å². The highest BCUT2D eigenvalue weighted by Gasteiger charge is 2.48. The fraction of sp³-hybridized carbons (Fsp3) is 0.517. The Kier molecular flexibility index (Phi) is 8.74. The summed E-state index contributed by atoms with van der Waals surface area (Å²) in [7, 11) is 1.31. The molecule has 2 heterocycles. The number of carbonyl (C=O) groups excluding carboxylic acids is 5. The van der Waals surface area contributed by atoms with Gasteiger partial charge in [0.05, 0.1) is 18.0 Å². The van der Waals surface area contributed by atoms with Crippen LogP contribution in [-0.4, -0.2) is 63.3 Å². The van der Waals surface area contributed by atoms with Crippen LogP contribution in [0.5, 0.6) is 0 Å². The van der Waals surface area contributed by atoms with Crippen molar-refractivity contribution in [1.29, 1.82) is 0 Å². The van der Waals surface area contributed by atoms with Crippen molar-refractivity contribution in [2.45, 2.75) is 63.6 Å². The Hall–Kier alpha value is -4.42. The van der Waals surface area contributed by atoms with Crippen molar-refractivity contribution in [1.82, 2.24) is 30.7 Å². The van der Waals surface area contributed by atoms with E-state index in [2.05, 4.69) is 31.5 Å². The molecule has 2 aromatic heterocycles. The van der Waals surface area contributed by atoms with Gasteiger partial charge in [-0.15, -0.1) is 0 Å². The summed E-state index contributed by atoms with van der Waals surface area (Å²) in [6.07, 6.45) is 9.42. The predicted molar refractivity (Wildman–Crippen MR) is 150 cm³/mol. The van der Waals surface area contributed by atoms with Crippen molar-refractivity contribution in [2.75, 3.05) is 12.4 Å². The second-order valence-corrected chi connectivity index (χ2v) is 11.6. The summed E-state index contributed by atoms with van der Waals surface area (Å²) in [6.45, 7) is -0.193. The highest BCUT2D eigenvalue weighted by Crippen LogP contribution is 2.53. The standard InChI is InChI=1S/C29H35N7O6/c1-30-28(41)23(37)5-4-21(33-26(39)18-6-7-31-32-14-18)27(40)34-22-3-2-8-36(29(22)42)15-24(38)35-25-19-10-16-9-17(12-19)13-20(25)11-16/h2-3,6-8,14,16-17,19-21,25H,4-5,9-13,15H2,1H3,(H,30,41)(H,33,39)(H,34,40)(H,35,38)/t16?,17?,19?,20?,21-,25?/m0/s1. The molecule has 4 amide bonds. The van der Waals surface area contributed by atoms with Gasteiger partial charge in [-0.2, -0.15) is 10.2 Å². The van der Waals surface area contributed by atoms with E-state index < -0.39 is 35.1 Å². The largest absolute Gasteiger partial charge is 0.353 e. The van der Waals surface area contributed by atoms with E-state index in [1.807, 2.05) is 0 Å². The van der Waals surface area contributed by atoms with Gasteiger partial charge in [-0.25, -0.2) is 0 Å². The summed E-state index contributed by atoms with van der Waals surface area (Å²) in [6, 6.07) is 3.22. The fourth-order valence-electron chi connectivity index (χ4n) is 6.99. The highest BCUT2D eigenvalue weighted by atomic mass is 16.2. The number of amides is 4. The first-order valence-electron chi connectivity index (χ1n) is 14.3. The lowest BCUT2D eigenvalue weighted by Gasteiger charge is -2.54. The maximum Gasteiger partial charge on any atom is 0.287 e. The zero-order chi connectivity index (χ0) is 29.8. The molecule has 1 atom stereocenters. The Morgan fingerprint density at radius 3 is 2.36 bits per heavy atom. The number of hydrogen-bond acceptors (Lipinski definition) is 8. The van der Waals surface area contributed by atoms with Gasteiger partial charge in [0.25, 0.3) is 17.4 Å². The van der Waals surface area contributed by atoms with Gasteiger partial charge >= 0.3 is 0 Å². The minimum absolute atomic E-state index is 0.0904. The lowest BCUT2D eigenvalue weighted by molar-refractivity contribution is -0.137. The normalized spacial score (nSPS) is 24.4. The molecule has 6 rings (SSSR count). The molecule has 0 aliphatic heterocycles. The van der Waals surface area contributed by atoms with Gasteiger partial charge in [-0.3, -0.25) is 28.8 Å². The van der Waals surface area contributed by atoms with E-state index in [-0.39, 0.29) is 42.6 Å². The number of aromatic nitrogens is 3. The summed E-state index contributed by atoms with van der Waals surface area (Å²) in [5.74, 6) is -0.690. The number of anilines is 1. The molecule has 222 valence electrons. The Bertz CT molecular complexity index is 1400. The molecule has 4 fully saturated rings. The first kappa shape index (κ1) is 29.1. The molecule has 4 N–H and O–H groups in total. The molecule has 0 unspecified atom stereocenters. The summed E-state index contributed by atoms with van der Waals surface area (Å²) in [5, 5.41) is 17.7. The number of rotatable bonds is 11. The maximum absolute atomic E-state index is 13.2. The number of nitrogens with zero attached hydrogens (tertiary/aromatic N) is 3. The molecule has 0 spiro atoms. The summed E-state index contributed by atoms with van der Waals surface area (Å²) >= 11 is 0. The van der Waals surface area contributed by atoms with Crippen LogP contribution in [0, 0.1) is 23.7 Å². The van der Waals surface area contributed by atoms with Gasteiger partial charge < -0.3 is 25.8 Å². The van der Waals surface area contributed by atoms with Crippen LogP contribution in [0.1, 0.15) is 55.3 Å². The van der Waals surface area contributed by atoms with E-state index in [0.29, 0.717) is 11.8 Å². The Morgan fingerprint density at radius 2 is 1.71 bits per heavy atom. The Balaban J connectivity index is 1.24. The molecule has 0 radical (unpaired) electrons.